The van der Waals surface area contributed by atoms with E-state index < -0.39 is 11.7 Å². The average Bonchev–Trinajstić information content (AvgIpc) is 2.03. The van der Waals surface area contributed by atoms with Gasteiger partial charge in [-0.2, -0.15) is 13.2 Å². The highest BCUT2D eigenvalue weighted by atomic mass is 127. The van der Waals surface area contributed by atoms with Crippen molar-refractivity contribution in [2.75, 3.05) is 12.4 Å². The molecule has 0 bridgehead atoms. The molecule has 0 aliphatic heterocycles. The first-order chi connectivity index (χ1) is 5.95. The summed E-state index contributed by atoms with van der Waals surface area (Å²) in [6.07, 6.45) is -4.38. The summed E-state index contributed by atoms with van der Waals surface area (Å²) in [6, 6.07) is 0.925. The number of hydrogen-bond acceptors (Lipinski definition) is 3. The van der Waals surface area contributed by atoms with Crippen molar-refractivity contribution in [1.82, 2.24) is 10.2 Å². The van der Waals surface area contributed by atoms with Gasteiger partial charge in [0.2, 0.25) is 0 Å². The van der Waals surface area contributed by atoms with Crippen LogP contribution in [0.15, 0.2) is 6.07 Å². The molecule has 13 heavy (non-hydrogen) atoms. The topological polar surface area (TPSA) is 37.8 Å². The van der Waals surface area contributed by atoms with Gasteiger partial charge in [0.1, 0.15) is 9.52 Å². The van der Waals surface area contributed by atoms with E-state index in [1.807, 2.05) is 0 Å². The molecule has 0 saturated heterocycles. The standard InChI is InChI=1S/C6H5F3IN3/c1-11-4-2-3(6(7,8)9)5(10)13-12-4/h2H,1H3,(H,11,12). The van der Waals surface area contributed by atoms with Gasteiger partial charge in [0, 0.05) is 7.05 Å². The van der Waals surface area contributed by atoms with Crippen LogP contribution in [0.1, 0.15) is 5.56 Å². The molecule has 1 aromatic heterocycles. The van der Waals surface area contributed by atoms with E-state index in [-0.39, 0.29) is 9.52 Å². The van der Waals surface area contributed by atoms with Gasteiger partial charge in [0.05, 0.1) is 5.56 Å². The third-order valence-corrected chi connectivity index (χ3v) is 2.11. The maximum atomic E-state index is 12.3. The first-order valence-electron chi connectivity index (χ1n) is 3.23. The van der Waals surface area contributed by atoms with Gasteiger partial charge in [-0.05, 0) is 28.7 Å². The molecule has 7 heteroatoms. The summed E-state index contributed by atoms with van der Waals surface area (Å²) >= 11 is 1.50. The third-order valence-electron chi connectivity index (χ3n) is 1.31. The molecular formula is C6H5F3IN3. The number of nitrogens with one attached hydrogen (secondary N) is 1. The smallest absolute Gasteiger partial charge is 0.372 e. The zero-order valence-corrected chi connectivity index (χ0v) is 8.64. The molecule has 0 unspecified atom stereocenters. The minimum atomic E-state index is -4.38. The SMILES string of the molecule is CNc1cc(C(F)(F)F)c(I)nn1. The molecule has 0 amide bonds. The number of hydrogen-bond donors (Lipinski definition) is 1. The van der Waals surface area contributed by atoms with E-state index >= 15 is 0 Å². The van der Waals surface area contributed by atoms with E-state index in [1.54, 1.807) is 0 Å². The van der Waals surface area contributed by atoms with Crippen LogP contribution in [0, 0.1) is 3.70 Å². The maximum Gasteiger partial charge on any atom is 0.419 e. The summed E-state index contributed by atoms with van der Waals surface area (Å²) in [4.78, 5) is 0. The summed E-state index contributed by atoms with van der Waals surface area (Å²) in [5, 5.41) is 9.36. The number of alkyl halides is 3. The van der Waals surface area contributed by atoms with Crippen LogP contribution >= 0.6 is 22.6 Å². The molecule has 1 rings (SSSR count). The summed E-state index contributed by atoms with van der Waals surface area (Å²) in [7, 11) is 1.48. The lowest BCUT2D eigenvalue weighted by atomic mass is 10.3. The van der Waals surface area contributed by atoms with Gasteiger partial charge in [-0.1, -0.05) is 0 Å². The van der Waals surface area contributed by atoms with Crippen LogP contribution in [-0.4, -0.2) is 17.2 Å². The number of halogens is 4. The van der Waals surface area contributed by atoms with Gasteiger partial charge >= 0.3 is 6.18 Å². The monoisotopic (exact) mass is 303 g/mol. The highest BCUT2D eigenvalue weighted by molar-refractivity contribution is 14.1. The Hall–Kier alpha value is -0.600. The summed E-state index contributed by atoms with van der Waals surface area (Å²) in [6.45, 7) is 0. The molecule has 0 aromatic carbocycles. The van der Waals surface area contributed by atoms with Crippen LogP contribution in [0.5, 0.6) is 0 Å². The lowest BCUT2D eigenvalue weighted by Gasteiger charge is -2.08. The Kier molecular flexibility index (Phi) is 2.94. The Bertz CT molecular complexity index is 312. The lowest BCUT2D eigenvalue weighted by molar-refractivity contribution is -0.138. The van der Waals surface area contributed by atoms with E-state index in [0.717, 1.165) is 6.07 Å². The zero-order valence-electron chi connectivity index (χ0n) is 6.48. The normalized spacial score (nSPS) is 11.5. The van der Waals surface area contributed by atoms with Crippen LogP contribution in [0.4, 0.5) is 19.0 Å². The molecule has 0 radical (unpaired) electrons. The van der Waals surface area contributed by atoms with Gasteiger partial charge in [0.15, 0.2) is 0 Å². The first kappa shape index (κ1) is 10.5. The van der Waals surface area contributed by atoms with Gasteiger partial charge in [-0.15, -0.1) is 10.2 Å². The molecule has 1 N–H and O–H groups in total. The molecule has 1 heterocycles. The molecular weight excluding hydrogens is 298 g/mol. The number of nitrogens with zero attached hydrogens (tertiary/aromatic N) is 2. The van der Waals surface area contributed by atoms with Gasteiger partial charge in [-0.25, -0.2) is 0 Å². The molecule has 0 fully saturated rings. The predicted molar refractivity (Wildman–Crippen MR) is 49.3 cm³/mol. The van der Waals surface area contributed by atoms with Crippen molar-refractivity contribution in [3.8, 4) is 0 Å². The van der Waals surface area contributed by atoms with Crippen LogP contribution in [-0.2, 0) is 6.18 Å². The average molecular weight is 303 g/mol. The fourth-order valence-electron chi connectivity index (χ4n) is 0.698. The first-order valence-corrected chi connectivity index (χ1v) is 4.31. The number of rotatable bonds is 1. The quantitative estimate of drug-likeness (QED) is 0.808. The molecule has 0 atom stereocenters. The Morgan fingerprint density at radius 1 is 1.38 bits per heavy atom. The Morgan fingerprint density at radius 3 is 2.46 bits per heavy atom. The van der Waals surface area contributed by atoms with Crippen molar-refractivity contribution in [3.05, 3.63) is 15.3 Å². The van der Waals surface area contributed by atoms with Crippen molar-refractivity contribution >= 4 is 28.4 Å². The molecule has 0 spiro atoms. The van der Waals surface area contributed by atoms with Crippen molar-refractivity contribution in [2.45, 2.75) is 6.18 Å². The number of aromatic nitrogens is 2. The van der Waals surface area contributed by atoms with Gasteiger partial charge in [-0.3, -0.25) is 0 Å². The van der Waals surface area contributed by atoms with Crippen LogP contribution < -0.4 is 5.32 Å². The molecule has 72 valence electrons. The minimum Gasteiger partial charge on any atom is -0.372 e. The van der Waals surface area contributed by atoms with E-state index in [0.29, 0.717) is 0 Å². The summed E-state index contributed by atoms with van der Waals surface area (Å²) < 4.78 is 36.6. The van der Waals surface area contributed by atoms with E-state index in [4.69, 9.17) is 0 Å². The molecule has 0 saturated carbocycles. The molecule has 0 aliphatic rings. The van der Waals surface area contributed by atoms with Crippen molar-refractivity contribution < 1.29 is 13.2 Å². The van der Waals surface area contributed by atoms with Crippen molar-refractivity contribution in [3.63, 3.8) is 0 Å². The summed E-state index contributed by atoms with van der Waals surface area (Å²) in [5.74, 6) is 0.104. The Balaban J connectivity index is 3.19. The highest BCUT2D eigenvalue weighted by Crippen LogP contribution is 2.32. The van der Waals surface area contributed by atoms with Gasteiger partial charge in [0.25, 0.3) is 0 Å². The fourth-order valence-corrected chi connectivity index (χ4v) is 1.27. The van der Waals surface area contributed by atoms with Crippen LogP contribution in [0.3, 0.4) is 0 Å². The van der Waals surface area contributed by atoms with E-state index in [1.165, 1.54) is 29.6 Å². The molecule has 3 nitrogen and oxygen atoms in total. The highest BCUT2D eigenvalue weighted by Gasteiger charge is 2.34. The van der Waals surface area contributed by atoms with E-state index in [2.05, 4.69) is 15.5 Å². The third kappa shape index (κ3) is 2.42. The largest absolute Gasteiger partial charge is 0.419 e. The van der Waals surface area contributed by atoms with Crippen molar-refractivity contribution in [2.24, 2.45) is 0 Å². The maximum absolute atomic E-state index is 12.3. The van der Waals surface area contributed by atoms with Crippen molar-refractivity contribution in [1.29, 1.82) is 0 Å². The molecule has 0 aliphatic carbocycles. The second-order valence-electron chi connectivity index (χ2n) is 2.18. The Labute approximate surface area is 85.9 Å². The zero-order chi connectivity index (χ0) is 10.1. The number of anilines is 1. The molecule has 1 aromatic rings. The Morgan fingerprint density at radius 2 is 2.00 bits per heavy atom. The predicted octanol–water partition coefficient (Wildman–Crippen LogP) is 2.14. The van der Waals surface area contributed by atoms with Crippen LogP contribution in [0.2, 0.25) is 0 Å². The second-order valence-corrected chi connectivity index (χ2v) is 3.20. The minimum absolute atomic E-state index is 0.104. The fraction of sp³-hybridized carbons (Fsp3) is 0.333. The van der Waals surface area contributed by atoms with Crippen LogP contribution in [0.25, 0.3) is 0 Å². The second kappa shape index (κ2) is 3.64. The lowest BCUT2D eigenvalue weighted by Crippen LogP contribution is -2.11. The van der Waals surface area contributed by atoms with Gasteiger partial charge < -0.3 is 5.32 Å². The summed E-state index contributed by atoms with van der Waals surface area (Å²) in [5.41, 5.74) is -0.771. The van der Waals surface area contributed by atoms with E-state index in [9.17, 15) is 13.2 Å².